The number of phenolic OH excluding ortho intramolecular Hbond substituents is 1. The number of fused-ring (bicyclic) bond motifs is 2. The predicted octanol–water partition coefficient (Wildman–Crippen LogP) is 6.76. The van der Waals surface area contributed by atoms with Crippen molar-refractivity contribution in [2.24, 2.45) is 4.99 Å². The van der Waals surface area contributed by atoms with Crippen LogP contribution in [0, 0.1) is 0 Å². The van der Waals surface area contributed by atoms with E-state index in [1.807, 2.05) is 42.5 Å². The van der Waals surface area contributed by atoms with Gasteiger partial charge in [-0.05, 0) is 53.2 Å². The maximum Gasteiger partial charge on any atom is 0.227 e. The molecule has 0 saturated carbocycles. The molecule has 0 radical (unpaired) electrons. The molecule has 1 heterocycles. The van der Waals surface area contributed by atoms with Gasteiger partial charge in [-0.3, -0.25) is 4.99 Å². The highest BCUT2D eigenvalue weighted by Gasteiger charge is 2.11. The molecule has 1 N–H and O–H groups in total. The van der Waals surface area contributed by atoms with E-state index in [2.05, 4.69) is 28.2 Å². The Morgan fingerprint density at radius 3 is 2.72 bits per heavy atom. The Morgan fingerprint density at radius 2 is 1.79 bits per heavy atom. The van der Waals surface area contributed by atoms with Crippen LogP contribution in [-0.2, 0) is 0 Å². The van der Waals surface area contributed by atoms with Crippen LogP contribution in [0.1, 0.15) is 5.56 Å². The van der Waals surface area contributed by atoms with E-state index in [0.717, 1.165) is 21.9 Å². The fraction of sp³-hybridized carbons (Fsp3) is 0. The molecule has 0 aliphatic heterocycles. The molecule has 4 nitrogen and oxygen atoms in total. The Bertz CT molecular complexity index is 1380. The summed E-state index contributed by atoms with van der Waals surface area (Å²) in [7, 11) is 0. The third kappa shape index (κ3) is 3.35. The number of hydrogen-bond donors (Lipinski definition) is 1. The number of aromatic hydroxyl groups is 1. The van der Waals surface area contributed by atoms with Gasteiger partial charge in [-0.1, -0.05) is 48.0 Å². The SMILES string of the molecule is Oc1ccc(Cl)cc1C=Nc1ccc2oc(-c3cccc4ccccc34)nc2c1. The first-order valence-corrected chi connectivity index (χ1v) is 9.46. The minimum absolute atomic E-state index is 0.124. The fourth-order valence-corrected chi connectivity index (χ4v) is 3.48. The first-order valence-electron chi connectivity index (χ1n) is 9.09. The largest absolute Gasteiger partial charge is 0.507 e. The second kappa shape index (κ2) is 7.08. The number of halogens is 1. The monoisotopic (exact) mass is 398 g/mol. The highest BCUT2D eigenvalue weighted by atomic mass is 35.5. The van der Waals surface area contributed by atoms with E-state index in [1.165, 1.54) is 0 Å². The average Bonchev–Trinajstić information content (AvgIpc) is 3.17. The van der Waals surface area contributed by atoms with Crippen molar-refractivity contribution in [3.63, 3.8) is 0 Å². The third-order valence-corrected chi connectivity index (χ3v) is 4.97. The van der Waals surface area contributed by atoms with Gasteiger partial charge in [0, 0.05) is 22.4 Å². The summed E-state index contributed by atoms with van der Waals surface area (Å²) in [5.74, 6) is 0.698. The van der Waals surface area contributed by atoms with Gasteiger partial charge < -0.3 is 9.52 Å². The molecule has 4 aromatic carbocycles. The molecular weight excluding hydrogens is 384 g/mol. The molecule has 5 heteroatoms. The van der Waals surface area contributed by atoms with Gasteiger partial charge >= 0.3 is 0 Å². The molecule has 0 bridgehead atoms. The summed E-state index contributed by atoms with van der Waals surface area (Å²) in [6.45, 7) is 0. The first kappa shape index (κ1) is 17.5. The van der Waals surface area contributed by atoms with E-state index in [4.69, 9.17) is 16.0 Å². The minimum atomic E-state index is 0.124. The average molecular weight is 399 g/mol. The lowest BCUT2D eigenvalue weighted by Gasteiger charge is -2.01. The summed E-state index contributed by atoms with van der Waals surface area (Å²) < 4.78 is 5.99. The number of nitrogens with zero attached hydrogens (tertiary/aromatic N) is 2. The van der Waals surface area contributed by atoms with Gasteiger partial charge in [0.15, 0.2) is 5.58 Å². The van der Waals surface area contributed by atoms with Crippen molar-refractivity contribution >= 4 is 45.4 Å². The molecule has 1 aromatic heterocycles. The third-order valence-electron chi connectivity index (χ3n) is 4.73. The van der Waals surface area contributed by atoms with Crippen LogP contribution in [0.2, 0.25) is 5.02 Å². The molecule has 0 amide bonds. The van der Waals surface area contributed by atoms with E-state index in [-0.39, 0.29) is 5.75 Å². The van der Waals surface area contributed by atoms with Gasteiger partial charge in [-0.15, -0.1) is 0 Å². The van der Waals surface area contributed by atoms with Crippen molar-refractivity contribution in [3.05, 3.63) is 89.4 Å². The summed E-state index contributed by atoms with van der Waals surface area (Å²) >= 11 is 5.98. The Labute approximate surface area is 171 Å². The Kier molecular flexibility index (Phi) is 4.26. The first-order chi connectivity index (χ1) is 14.2. The maximum atomic E-state index is 9.92. The van der Waals surface area contributed by atoms with Crippen LogP contribution in [0.4, 0.5) is 5.69 Å². The molecule has 29 heavy (non-hydrogen) atoms. The number of rotatable bonds is 3. The lowest BCUT2D eigenvalue weighted by molar-refractivity contribution is 0.474. The predicted molar refractivity (Wildman–Crippen MR) is 117 cm³/mol. The number of aromatic nitrogens is 1. The molecule has 0 aliphatic carbocycles. The van der Waals surface area contributed by atoms with E-state index >= 15 is 0 Å². The molecular formula is C24H15ClN2O2. The van der Waals surface area contributed by atoms with Crippen molar-refractivity contribution in [1.29, 1.82) is 0 Å². The van der Waals surface area contributed by atoms with Gasteiger partial charge in [0.05, 0.1) is 5.69 Å². The summed E-state index contributed by atoms with van der Waals surface area (Å²) in [5, 5.41) is 12.7. The van der Waals surface area contributed by atoms with Crippen LogP contribution in [-0.4, -0.2) is 16.3 Å². The van der Waals surface area contributed by atoms with Crippen LogP contribution in [0.15, 0.2) is 88.3 Å². The summed E-state index contributed by atoms with van der Waals surface area (Å²) in [5.41, 5.74) is 3.62. The van der Waals surface area contributed by atoms with Crippen LogP contribution in [0.5, 0.6) is 5.75 Å². The van der Waals surface area contributed by atoms with Gasteiger partial charge in [-0.2, -0.15) is 0 Å². The standard InChI is InChI=1S/C24H15ClN2O2/c25-17-8-10-22(28)16(12-17)14-26-18-9-11-23-21(13-18)27-24(29-23)20-7-3-5-15-4-1-2-6-19(15)20/h1-14,28H. The van der Waals surface area contributed by atoms with Gasteiger partial charge in [0.1, 0.15) is 11.3 Å². The van der Waals surface area contributed by atoms with Crippen molar-refractivity contribution in [1.82, 2.24) is 4.98 Å². The van der Waals surface area contributed by atoms with E-state index in [0.29, 0.717) is 27.7 Å². The quantitative estimate of drug-likeness (QED) is 0.341. The molecule has 0 atom stereocenters. The smallest absolute Gasteiger partial charge is 0.227 e. The molecule has 5 rings (SSSR count). The second-order valence-electron chi connectivity index (χ2n) is 6.66. The Hall–Kier alpha value is -3.63. The molecule has 0 saturated heterocycles. The minimum Gasteiger partial charge on any atom is -0.507 e. The number of phenols is 1. The lowest BCUT2D eigenvalue weighted by Crippen LogP contribution is -1.82. The Morgan fingerprint density at radius 1 is 0.931 bits per heavy atom. The number of benzene rings is 4. The van der Waals surface area contributed by atoms with Crippen molar-refractivity contribution in [2.75, 3.05) is 0 Å². The van der Waals surface area contributed by atoms with Gasteiger partial charge in [0.2, 0.25) is 5.89 Å². The van der Waals surface area contributed by atoms with E-state index in [1.54, 1.807) is 24.4 Å². The molecule has 140 valence electrons. The van der Waals surface area contributed by atoms with Crippen LogP contribution < -0.4 is 0 Å². The maximum absolute atomic E-state index is 9.92. The van der Waals surface area contributed by atoms with Crippen molar-refractivity contribution in [3.8, 4) is 17.2 Å². The zero-order valence-electron chi connectivity index (χ0n) is 15.2. The van der Waals surface area contributed by atoms with Crippen LogP contribution in [0.3, 0.4) is 0 Å². The number of aliphatic imine (C=N–C) groups is 1. The molecule has 0 aliphatic rings. The zero-order valence-corrected chi connectivity index (χ0v) is 16.0. The van der Waals surface area contributed by atoms with Crippen molar-refractivity contribution < 1.29 is 9.52 Å². The number of hydrogen-bond acceptors (Lipinski definition) is 4. The van der Waals surface area contributed by atoms with Crippen LogP contribution in [0.25, 0.3) is 33.3 Å². The summed E-state index contributed by atoms with van der Waals surface area (Å²) in [6, 6.07) is 24.6. The molecule has 0 unspecified atom stereocenters. The Balaban J connectivity index is 1.53. The normalized spacial score (nSPS) is 11.6. The van der Waals surface area contributed by atoms with Gasteiger partial charge in [0.25, 0.3) is 0 Å². The highest BCUT2D eigenvalue weighted by Crippen LogP contribution is 2.32. The van der Waals surface area contributed by atoms with Crippen molar-refractivity contribution in [2.45, 2.75) is 0 Å². The molecule has 5 aromatic rings. The van der Waals surface area contributed by atoms with Crippen LogP contribution >= 0.6 is 11.6 Å². The molecule has 0 fully saturated rings. The van der Waals surface area contributed by atoms with E-state index < -0.39 is 0 Å². The zero-order chi connectivity index (χ0) is 19.8. The highest BCUT2D eigenvalue weighted by molar-refractivity contribution is 6.30. The second-order valence-corrected chi connectivity index (χ2v) is 7.10. The molecule has 0 spiro atoms. The lowest BCUT2D eigenvalue weighted by atomic mass is 10.0. The van der Waals surface area contributed by atoms with E-state index in [9.17, 15) is 5.11 Å². The number of oxazole rings is 1. The van der Waals surface area contributed by atoms with Gasteiger partial charge in [-0.25, -0.2) is 4.98 Å². The fourth-order valence-electron chi connectivity index (χ4n) is 3.30. The summed E-state index contributed by atoms with van der Waals surface area (Å²) in [6.07, 6.45) is 1.58. The topological polar surface area (TPSA) is 58.6 Å². The summed E-state index contributed by atoms with van der Waals surface area (Å²) in [4.78, 5) is 9.10.